The van der Waals surface area contributed by atoms with Crippen LogP contribution < -0.4 is 0 Å². The van der Waals surface area contributed by atoms with Gasteiger partial charge in [-0.1, -0.05) is 18.2 Å². The summed E-state index contributed by atoms with van der Waals surface area (Å²) in [7, 11) is 0. The van der Waals surface area contributed by atoms with E-state index >= 15 is 0 Å². The molecule has 3 aromatic rings. The molecule has 3 rings (SSSR count). The number of aldehydes is 1. The minimum absolute atomic E-state index is 0.0769. The van der Waals surface area contributed by atoms with E-state index in [1.807, 2.05) is 19.1 Å². The van der Waals surface area contributed by atoms with Gasteiger partial charge in [0, 0.05) is 5.56 Å². The average Bonchev–Trinajstić information content (AvgIpc) is 2.82. The van der Waals surface area contributed by atoms with E-state index in [1.165, 1.54) is 22.8 Å². The molecule has 0 radical (unpaired) electrons. The number of rotatable bonds is 3. The average molecular weight is 286 g/mol. The fourth-order valence-electron chi connectivity index (χ4n) is 2.40. The second-order valence-corrected chi connectivity index (χ2v) is 4.82. The molecule has 0 atom stereocenters. The standard InChI is InChI=1S/C16H12F2N2O/c1-10-4-2-7-14-16(10)19-15(9-21)20(14)8-11-12(17)5-3-6-13(11)18/h2-7,9H,8H2,1H3. The second-order valence-electron chi connectivity index (χ2n) is 4.82. The summed E-state index contributed by atoms with van der Waals surface area (Å²) < 4.78 is 29.1. The summed E-state index contributed by atoms with van der Waals surface area (Å²) in [5, 5.41) is 0. The van der Waals surface area contributed by atoms with Crippen LogP contribution in [0, 0.1) is 18.6 Å². The van der Waals surface area contributed by atoms with Crippen molar-refractivity contribution >= 4 is 17.3 Å². The normalized spacial score (nSPS) is 11.0. The molecule has 0 saturated heterocycles. The Labute approximate surface area is 119 Å². The fraction of sp³-hybridized carbons (Fsp3) is 0.125. The molecule has 21 heavy (non-hydrogen) atoms. The van der Waals surface area contributed by atoms with Crippen molar-refractivity contribution in [3.05, 3.63) is 65.0 Å². The molecule has 106 valence electrons. The number of carbonyl (C=O) groups excluding carboxylic acids is 1. The molecule has 1 heterocycles. The van der Waals surface area contributed by atoms with Gasteiger partial charge in [0.2, 0.25) is 0 Å². The molecular weight excluding hydrogens is 274 g/mol. The molecule has 5 heteroatoms. The molecule has 0 fully saturated rings. The highest BCUT2D eigenvalue weighted by Crippen LogP contribution is 2.22. The Balaban J connectivity index is 2.20. The van der Waals surface area contributed by atoms with E-state index in [-0.39, 0.29) is 17.9 Å². The predicted octanol–water partition coefficient (Wildman–Crippen LogP) is 3.48. The lowest BCUT2D eigenvalue weighted by molar-refractivity contribution is 0.111. The lowest BCUT2D eigenvalue weighted by Crippen LogP contribution is -2.08. The maximum Gasteiger partial charge on any atom is 0.185 e. The Morgan fingerprint density at radius 1 is 1.14 bits per heavy atom. The molecule has 0 N–H and O–H groups in total. The van der Waals surface area contributed by atoms with E-state index in [4.69, 9.17) is 0 Å². The van der Waals surface area contributed by atoms with Gasteiger partial charge < -0.3 is 4.57 Å². The summed E-state index contributed by atoms with van der Waals surface area (Å²) >= 11 is 0. The van der Waals surface area contributed by atoms with E-state index in [2.05, 4.69) is 4.98 Å². The Bertz CT molecular complexity index is 819. The van der Waals surface area contributed by atoms with Crippen LogP contribution in [0.3, 0.4) is 0 Å². The van der Waals surface area contributed by atoms with Crippen LogP contribution in [0.4, 0.5) is 8.78 Å². The molecule has 1 aromatic heterocycles. The van der Waals surface area contributed by atoms with E-state index in [0.29, 0.717) is 17.3 Å². The number of para-hydroxylation sites is 1. The summed E-state index contributed by atoms with van der Waals surface area (Å²) in [6.07, 6.45) is 0.595. The summed E-state index contributed by atoms with van der Waals surface area (Å²) in [5.74, 6) is -1.12. The number of nitrogens with zero attached hydrogens (tertiary/aromatic N) is 2. The molecule has 0 aliphatic heterocycles. The Hall–Kier alpha value is -2.56. The van der Waals surface area contributed by atoms with Crippen molar-refractivity contribution in [1.82, 2.24) is 9.55 Å². The molecule has 0 spiro atoms. The highest BCUT2D eigenvalue weighted by molar-refractivity contribution is 5.85. The van der Waals surface area contributed by atoms with Gasteiger partial charge in [0.15, 0.2) is 12.1 Å². The monoisotopic (exact) mass is 286 g/mol. The highest BCUT2D eigenvalue weighted by Gasteiger charge is 2.15. The van der Waals surface area contributed by atoms with E-state index in [1.54, 1.807) is 6.07 Å². The van der Waals surface area contributed by atoms with Gasteiger partial charge in [-0.3, -0.25) is 4.79 Å². The molecule has 3 nitrogen and oxygen atoms in total. The summed E-state index contributed by atoms with van der Waals surface area (Å²) in [6.45, 7) is 1.80. The van der Waals surface area contributed by atoms with Crippen molar-refractivity contribution in [3.8, 4) is 0 Å². The van der Waals surface area contributed by atoms with Crippen molar-refractivity contribution in [1.29, 1.82) is 0 Å². The van der Waals surface area contributed by atoms with Gasteiger partial charge in [0.25, 0.3) is 0 Å². The summed E-state index contributed by atoms with van der Waals surface area (Å²) in [6, 6.07) is 9.18. The Kier molecular flexibility index (Phi) is 3.25. The zero-order valence-corrected chi connectivity index (χ0v) is 11.3. The van der Waals surface area contributed by atoms with Crippen LogP contribution in [0.2, 0.25) is 0 Å². The molecule has 2 aromatic carbocycles. The van der Waals surface area contributed by atoms with Crippen molar-refractivity contribution in [2.75, 3.05) is 0 Å². The van der Waals surface area contributed by atoms with Crippen LogP contribution in [-0.2, 0) is 6.54 Å². The third-order valence-corrected chi connectivity index (χ3v) is 3.49. The van der Waals surface area contributed by atoms with Crippen LogP contribution in [-0.4, -0.2) is 15.8 Å². The summed E-state index contributed by atoms with van der Waals surface area (Å²) in [5.41, 5.74) is 2.17. The van der Waals surface area contributed by atoms with Gasteiger partial charge in [-0.15, -0.1) is 0 Å². The van der Waals surface area contributed by atoms with E-state index in [0.717, 1.165) is 5.56 Å². The molecule has 0 bridgehead atoms. The highest BCUT2D eigenvalue weighted by atomic mass is 19.1. The van der Waals surface area contributed by atoms with Crippen LogP contribution >= 0.6 is 0 Å². The summed E-state index contributed by atoms with van der Waals surface area (Å²) in [4.78, 5) is 15.4. The van der Waals surface area contributed by atoms with Crippen LogP contribution in [0.5, 0.6) is 0 Å². The number of benzene rings is 2. The number of carbonyl (C=O) groups is 1. The minimum Gasteiger partial charge on any atom is -0.317 e. The Morgan fingerprint density at radius 3 is 2.48 bits per heavy atom. The lowest BCUT2D eigenvalue weighted by Gasteiger charge is -2.08. The van der Waals surface area contributed by atoms with E-state index in [9.17, 15) is 13.6 Å². The number of aromatic nitrogens is 2. The van der Waals surface area contributed by atoms with Crippen molar-refractivity contribution in [2.45, 2.75) is 13.5 Å². The number of hydrogen-bond donors (Lipinski definition) is 0. The predicted molar refractivity (Wildman–Crippen MR) is 75.3 cm³/mol. The lowest BCUT2D eigenvalue weighted by atomic mass is 10.2. The van der Waals surface area contributed by atoms with Gasteiger partial charge >= 0.3 is 0 Å². The fourth-order valence-corrected chi connectivity index (χ4v) is 2.40. The van der Waals surface area contributed by atoms with Gasteiger partial charge in [0.05, 0.1) is 17.6 Å². The molecule has 0 aliphatic carbocycles. The second kappa shape index (κ2) is 5.09. The first-order valence-corrected chi connectivity index (χ1v) is 6.45. The maximum absolute atomic E-state index is 13.8. The third kappa shape index (κ3) is 2.20. The maximum atomic E-state index is 13.8. The first-order valence-electron chi connectivity index (χ1n) is 6.45. The van der Waals surface area contributed by atoms with Gasteiger partial charge in [-0.2, -0.15) is 0 Å². The molecule has 0 saturated carbocycles. The van der Waals surface area contributed by atoms with Gasteiger partial charge in [-0.25, -0.2) is 13.8 Å². The molecular formula is C16H12F2N2O. The number of imidazole rings is 1. The van der Waals surface area contributed by atoms with E-state index < -0.39 is 11.6 Å². The number of aryl methyl sites for hydroxylation is 1. The third-order valence-electron chi connectivity index (χ3n) is 3.49. The number of hydrogen-bond acceptors (Lipinski definition) is 2. The van der Waals surface area contributed by atoms with Crippen molar-refractivity contribution in [2.24, 2.45) is 0 Å². The van der Waals surface area contributed by atoms with Crippen LogP contribution in [0.15, 0.2) is 36.4 Å². The topological polar surface area (TPSA) is 34.9 Å². The quantitative estimate of drug-likeness (QED) is 0.691. The molecule has 0 unspecified atom stereocenters. The molecule has 0 amide bonds. The van der Waals surface area contributed by atoms with Gasteiger partial charge in [-0.05, 0) is 30.7 Å². The van der Waals surface area contributed by atoms with Crippen molar-refractivity contribution < 1.29 is 13.6 Å². The van der Waals surface area contributed by atoms with Gasteiger partial charge in [0.1, 0.15) is 11.6 Å². The number of halogens is 2. The zero-order valence-electron chi connectivity index (χ0n) is 11.3. The zero-order chi connectivity index (χ0) is 15.0. The minimum atomic E-state index is -0.638. The number of fused-ring (bicyclic) bond motifs is 1. The van der Waals surface area contributed by atoms with Crippen LogP contribution in [0.25, 0.3) is 11.0 Å². The Morgan fingerprint density at radius 2 is 1.81 bits per heavy atom. The first-order chi connectivity index (χ1) is 10.1. The largest absolute Gasteiger partial charge is 0.317 e. The van der Waals surface area contributed by atoms with Crippen LogP contribution in [0.1, 0.15) is 21.7 Å². The SMILES string of the molecule is Cc1cccc2c1nc(C=O)n2Cc1c(F)cccc1F. The smallest absolute Gasteiger partial charge is 0.185 e. The molecule has 0 aliphatic rings. The van der Waals surface area contributed by atoms with Crippen molar-refractivity contribution in [3.63, 3.8) is 0 Å². The first kappa shape index (κ1) is 13.4.